The molecule has 0 radical (unpaired) electrons. The van der Waals surface area contributed by atoms with Crippen molar-refractivity contribution >= 4 is 47.9 Å². The van der Waals surface area contributed by atoms with Gasteiger partial charge in [0.05, 0.1) is 0 Å². The Balaban J connectivity index is 1.93. The highest BCUT2D eigenvalue weighted by molar-refractivity contribution is 8.57. The molecule has 0 atom stereocenters. The maximum atomic E-state index is 13.1. The Hall–Kier alpha value is -0.300. The van der Waals surface area contributed by atoms with Gasteiger partial charge in [-0.2, -0.15) is 0 Å². The average Bonchev–Trinajstić information content (AvgIpc) is 3.65. The molecule has 0 bridgehead atoms. The molecule has 0 aromatic carbocycles. The van der Waals surface area contributed by atoms with Crippen LogP contribution in [-0.4, -0.2) is 72.7 Å². The predicted octanol–water partition coefficient (Wildman–Crippen LogP) is 8.10. The molecule has 222 valence electrons. The van der Waals surface area contributed by atoms with E-state index in [-0.39, 0.29) is 12.1 Å². The summed E-state index contributed by atoms with van der Waals surface area (Å²) in [5.41, 5.74) is 0. The van der Waals surface area contributed by atoms with Crippen LogP contribution in [0.2, 0.25) is 0 Å². The van der Waals surface area contributed by atoms with Crippen LogP contribution in [0.15, 0.2) is 0 Å². The maximum absolute atomic E-state index is 13.1. The highest BCUT2D eigenvalue weighted by atomic mass is 32.7. The van der Waals surface area contributed by atoms with Crippen LogP contribution in [0.3, 0.4) is 0 Å². The summed E-state index contributed by atoms with van der Waals surface area (Å²) in [5.74, 6) is 1.06. The molecule has 2 aliphatic rings. The van der Waals surface area contributed by atoms with E-state index in [9.17, 15) is 18.7 Å². The van der Waals surface area contributed by atoms with E-state index in [0.717, 1.165) is 74.7 Å². The van der Waals surface area contributed by atoms with Gasteiger partial charge in [-0.1, -0.05) is 53.4 Å². The lowest BCUT2D eigenvalue weighted by atomic mass is 10.1. The van der Waals surface area contributed by atoms with Crippen LogP contribution in [0, 0.1) is 11.8 Å². The zero-order valence-electron chi connectivity index (χ0n) is 24.1. The molecule has 2 saturated carbocycles. The topological polar surface area (TPSA) is 98.8 Å². The van der Waals surface area contributed by atoms with Gasteiger partial charge in [0.25, 0.3) is 0 Å². The monoisotopic (exact) mass is 610 g/mol. The average molecular weight is 611 g/mol. The van der Waals surface area contributed by atoms with Crippen molar-refractivity contribution < 1.29 is 18.7 Å². The Labute approximate surface area is 239 Å². The molecule has 38 heavy (non-hydrogen) atoms. The molecule has 12 heteroatoms. The zero-order chi connectivity index (χ0) is 28.0. The summed E-state index contributed by atoms with van der Waals surface area (Å²) >= 11 is 2.25. The van der Waals surface area contributed by atoms with Gasteiger partial charge >= 0.3 is 12.1 Å². The minimum absolute atomic E-state index is 0.143. The van der Waals surface area contributed by atoms with Crippen molar-refractivity contribution in [1.29, 1.82) is 0 Å². The van der Waals surface area contributed by atoms with Gasteiger partial charge in [-0.3, -0.25) is 9.44 Å². The number of urea groups is 2. The first kappa shape index (κ1) is 33.9. The van der Waals surface area contributed by atoms with Gasteiger partial charge in [-0.25, -0.2) is 9.59 Å². The first-order valence-corrected chi connectivity index (χ1v) is 21.8. The third-order valence-electron chi connectivity index (χ3n) is 8.11. The summed E-state index contributed by atoms with van der Waals surface area (Å²) in [4.78, 5) is 30.0. The number of nitrogens with one attached hydrogen (secondary N) is 2. The zero-order valence-corrected chi connectivity index (χ0v) is 27.5. The van der Waals surface area contributed by atoms with Gasteiger partial charge in [0.1, 0.15) is 0 Å². The Kier molecular flexibility index (Phi) is 15.6. The van der Waals surface area contributed by atoms with Crippen LogP contribution in [0.25, 0.3) is 0 Å². The van der Waals surface area contributed by atoms with Crippen molar-refractivity contribution in [2.45, 2.75) is 91.9 Å². The van der Waals surface area contributed by atoms with Gasteiger partial charge in [0.2, 0.25) is 0 Å². The lowest BCUT2D eigenvalue weighted by Gasteiger charge is -2.28. The van der Waals surface area contributed by atoms with Crippen molar-refractivity contribution in [3.63, 3.8) is 0 Å². The van der Waals surface area contributed by atoms with Gasteiger partial charge in [0, 0.05) is 74.0 Å². The molecule has 0 spiro atoms. The van der Waals surface area contributed by atoms with Crippen molar-refractivity contribution in [1.82, 2.24) is 19.2 Å². The largest absolute Gasteiger partial charge is 0.327 e. The fourth-order valence-corrected chi connectivity index (χ4v) is 10.4. The summed E-state index contributed by atoms with van der Waals surface area (Å²) in [7, 11) is 0. The van der Waals surface area contributed by atoms with Crippen molar-refractivity contribution in [3.8, 4) is 0 Å². The molecule has 0 unspecified atom stereocenters. The van der Waals surface area contributed by atoms with Crippen LogP contribution in [-0.2, 0) is 9.13 Å². The van der Waals surface area contributed by atoms with Gasteiger partial charge in [-0.15, -0.1) is 0 Å². The molecule has 2 N–H and O–H groups in total. The molecule has 2 fully saturated rings. The fraction of sp³-hybridized carbons (Fsp3) is 0.923. The SMILES string of the molecule is CCP(=O)(CC)SNC(=O)N(CCCCN(CC1CCCC1)C(=O)NSP(=O)(CC)CC)CC1CCCC1. The normalized spacial score (nSPS) is 17.1. The van der Waals surface area contributed by atoms with E-state index in [0.29, 0.717) is 49.6 Å². The van der Waals surface area contributed by atoms with Crippen LogP contribution >= 0.6 is 35.8 Å². The number of hydrogen-bond acceptors (Lipinski definition) is 6. The first-order valence-electron chi connectivity index (χ1n) is 14.8. The minimum atomic E-state index is -2.42. The van der Waals surface area contributed by atoms with E-state index in [2.05, 4.69) is 9.44 Å². The summed E-state index contributed by atoms with van der Waals surface area (Å²) in [6.07, 6.45) is 8.57. The highest BCUT2D eigenvalue weighted by Crippen LogP contribution is 2.56. The first-order chi connectivity index (χ1) is 18.2. The second-order valence-electron chi connectivity index (χ2n) is 10.8. The lowest BCUT2D eigenvalue weighted by Crippen LogP contribution is -2.42. The molecule has 4 amide bonds. The maximum Gasteiger partial charge on any atom is 0.327 e. The van der Waals surface area contributed by atoms with Crippen LogP contribution in [0.5, 0.6) is 0 Å². The van der Waals surface area contributed by atoms with Gasteiger partial charge < -0.3 is 18.9 Å². The number of amides is 4. The van der Waals surface area contributed by atoms with Crippen molar-refractivity contribution in [2.75, 3.05) is 50.8 Å². The Morgan fingerprint density at radius 1 is 0.658 bits per heavy atom. The number of nitrogens with zero attached hydrogens (tertiary/aromatic N) is 2. The van der Waals surface area contributed by atoms with E-state index in [1.807, 2.05) is 37.5 Å². The fourth-order valence-electron chi connectivity index (χ4n) is 5.25. The number of hydrogen-bond donors (Lipinski definition) is 2. The number of unbranched alkanes of at least 4 members (excludes halogenated alkanes) is 1. The highest BCUT2D eigenvalue weighted by Gasteiger charge is 2.27. The Bertz CT molecular complexity index is 741. The number of carbonyl (C=O) groups is 2. The van der Waals surface area contributed by atoms with Crippen molar-refractivity contribution in [2.24, 2.45) is 11.8 Å². The van der Waals surface area contributed by atoms with E-state index in [1.165, 1.54) is 25.7 Å². The van der Waals surface area contributed by atoms with E-state index in [1.54, 1.807) is 0 Å². The lowest BCUT2D eigenvalue weighted by molar-refractivity contribution is 0.184. The number of rotatable bonds is 17. The molecule has 2 rings (SSSR count). The summed E-state index contributed by atoms with van der Waals surface area (Å²) in [6.45, 7) is 10.4. The summed E-state index contributed by atoms with van der Waals surface area (Å²) in [6, 6.07) is -0.285. The molecule has 0 aliphatic heterocycles. The summed E-state index contributed by atoms with van der Waals surface area (Å²) in [5, 5.41) is 0. The third-order valence-corrected chi connectivity index (χ3v) is 18.8. The number of carbonyl (C=O) groups excluding carboxylic acids is 2. The summed E-state index contributed by atoms with van der Waals surface area (Å²) < 4.78 is 31.4. The minimum Gasteiger partial charge on any atom is -0.324 e. The van der Waals surface area contributed by atoms with E-state index in [4.69, 9.17) is 0 Å². The van der Waals surface area contributed by atoms with E-state index >= 15 is 0 Å². The van der Waals surface area contributed by atoms with Crippen LogP contribution < -0.4 is 9.44 Å². The second-order valence-corrected chi connectivity index (χ2v) is 22.4. The second kappa shape index (κ2) is 17.5. The molecule has 2 aliphatic carbocycles. The predicted molar refractivity (Wildman–Crippen MR) is 166 cm³/mol. The molecule has 0 aromatic heterocycles. The molecule has 0 heterocycles. The van der Waals surface area contributed by atoms with Crippen LogP contribution in [0.4, 0.5) is 9.59 Å². The van der Waals surface area contributed by atoms with Crippen molar-refractivity contribution in [3.05, 3.63) is 0 Å². The molecule has 0 saturated heterocycles. The standard InChI is InChI=1S/C26H52N4O4P2S2/c1-5-35(33,6-2)37-27-25(31)29(21-23-15-9-10-16-23)19-13-14-20-30(22-24-17-11-12-18-24)26(32)28-38-36(34,7-3)8-4/h23-24H,5-22H2,1-4H3,(H,27,31)(H,28,32). The Morgan fingerprint density at radius 2 is 0.974 bits per heavy atom. The van der Waals surface area contributed by atoms with Crippen LogP contribution in [0.1, 0.15) is 91.9 Å². The molecular formula is C26H52N4O4P2S2. The van der Waals surface area contributed by atoms with Gasteiger partial charge in [0.15, 0.2) is 12.7 Å². The van der Waals surface area contributed by atoms with E-state index < -0.39 is 12.7 Å². The quantitative estimate of drug-likeness (QED) is 0.0981. The van der Waals surface area contributed by atoms with Gasteiger partial charge in [-0.05, 0) is 50.4 Å². The Morgan fingerprint density at radius 3 is 1.26 bits per heavy atom. The third kappa shape index (κ3) is 11.7. The molecule has 8 nitrogen and oxygen atoms in total. The smallest absolute Gasteiger partial charge is 0.324 e. The molecular weight excluding hydrogens is 558 g/mol. The molecule has 0 aromatic rings.